The molecule has 1 heterocycles. The summed E-state index contributed by atoms with van der Waals surface area (Å²) in [6.07, 6.45) is 1.31. The van der Waals surface area contributed by atoms with Crippen molar-refractivity contribution in [3.63, 3.8) is 0 Å². The van der Waals surface area contributed by atoms with Gasteiger partial charge in [-0.2, -0.15) is 0 Å². The van der Waals surface area contributed by atoms with Crippen molar-refractivity contribution in [1.29, 1.82) is 0 Å². The zero-order chi connectivity index (χ0) is 15.7. The van der Waals surface area contributed by atoms with E-state index >= 15 is 0 Å². The van der Waals surface area contributed by atoms with E-state index in [1.165, 1.54) is 13.2 Å². The van der Waals surface area contributed by atoms with E-state index in [1.807, 2.05) is 0 Å². The molecule has 0 unspecified atom stereocenters. The van der Waals surface area contributed by atoms with Gasteiger partial charge in [-0.1, -0.05) is 35.9 Å². The summed E-state index contributed by atoms with van der Waals surface area (Å²) in [6, 6.07) is 12.1. The Kier molecular flexibility index (Phi) is 3.69. The molecule has 0 radical (unpaired) electrons. The molecule has 2 aromatic carbocycles. The maximum absolute atomic E-state index is 12.5. The molecule has 0 aliphatic carbocycles. The highest BCUT2D eigenvalue weighted by molar-refractivity contribution is 6.41. The molecule has 4 nitrogen and oxygen atoms in total. The molecule has 1 aliphatic rings. The lowest BCUT2D eigenvalue weighted by molar-refractivity contribution is -0.110. The van der Waals surface area contributed by atoms with Crippen LogP contribution < -0.4 is 10.1 Å². The lowest BCUT2D eigenvalue weighted by atomic mass is 10.0. The average Bonchev–Trinajstić information content (AvgIpc) is 2.85. The zero-order valence-electron chi connectivity index (χ0n) is 11.7. The van der Waals surface area contributed by atoms with Crippen LogP contribution in [0.5, 0.6) is 5.75 Å². The number of rotatable bonds is 3. The van der Waals surface area contributed by atoms with Gasteiger partial charge in [0.2, 0.25) is 0 Å². The van der Waals surface area contributed by atoms with Gasteiger partial charge in [0, 0.05) is 5.56 Å². The van der Waals surface area contributed by atoms with E-state index in [4.69, 9.17) is 16.3 Å². The van der Waals surface area contributed by atoms with Gasteiger partial charge in [-0.25, -0.2) is 0 Å². The molecule has 3 rings (SSSR count). The third-order valence-corrected chi connectivity index (χ3v) is 3.75. The molecule has 0 saturated heterocycles. The maximum atomic E-state index is 12.5. The van der Waals surface area contributed by atoms with E-state index < -0.39 is 0 Å². The summed E-state index contributed by atoms with van der Waals surface area (Å²) in [5.41, 5.74) is 1.86. The Balaban J connectivity index is 2.05. The minimum atomic E-state index is -0.341. The molecule has 0 aromatic heterocycles. The Labute approximate surface area is 132 Å². The highest BCUT2D eigenvalue weighted by Crippen LogP contribution is 2.37. The van der Waals surface area contributed by atoms with Crippen molar-refractivity contribution in [3.05, 3.63) is 64.7 Å². The third kappa shape index (κ3) is 2.38. The fourth-order valence-electron chi connectivity index (χ4n) is 2.38. The number of hydrogen-bond donors (Lipinski definition) is 1. The molecule has 0 bridgehead atoms. The molecule has 0 saturated carbocycles. The van der Waals surface area contributed by atoms with Gasteiger partial charge < -0.3 is 10.1 Å². The summed E-state index contributed by atoms with van der Waals surface area (Å²) < 4.78 is 5.17. The first-order valence-corrected chi connectivity index (χ1v) is 6.99. The Morgan fingerprint density at radius 2 is 1.95 bits per heavy atom. The van der Waals surface area contributed by atoms with Crippen molar-refractivity contribution >= 4 is 34.6 Å². The van der Waals surface area contributed by atoms with Gasteiger partial charge >= 0.3 is 0 Å². The highest BCUT2D eigenvalue weighted by atomic mass is 35.5. The number of methoxy groups -OCH3 is 1. The number of fused-ring (bicyclic) bond motifs is 1. The van der Waals surface area contributed by atoms with Crippen molar-refractivity contribution in [1.82, 2.24) is 0 Å². The minimum Gasteiger partial charge on any atom is -0.496 e. The minimum absolute atomic E-state index is 0.296. The summed E-state index contributed by atoms with van der Waals surface area (Å²) in [7, 11) is 1.50. The van der Waals surface area contributed by atoms with E-state index in [0.29, 0.717) is 33.2 Å². The van der Waals surface area contributed by atoms with Crippen LogP contribution in [0.2, 0.25) is 5.02 Å². The van der Waals surface area contributed by atoms with Gasteiger partial charge in [-0.3, -0.25) is 9.59 Å². The van der Waals surface area contributed by atoms with Crippen LogP contribution in [0, 0.1) is 0 Å². The lowest BCUT2D eigenvalue weighted by Crippen LogP contribution is -2.06. The molecule has 1 amide bonds. The van der Waals surface area contributed by atoms with Crippen molar-refractivity contribution in [2.75, 3.05) is 12.4 Å². The van der Waals surface area contributed by atoms with Crippen LogP contribution in [0.25, 0.3) is 5.57 Å². The first kappa shape index (κ1) is 14.4. The smallest absolute Gasteiger partial charge is 0.256 e. The van der Waals surface area contributed by atoms with Crippen LogP contribution in [-0.4, -0.2) is 18.8 Å². The first-order chi connectivity index (χ1) is 10.6. The van der Waals surface area contributed by atoms with Gasteiger partial charge in [-0.15, -0.1) is 0 Å². The number of carbonyl (C=O) groups excluding carboxylic acids is 2. The van der Waals surface area contributed by atoms with Crippen molar-refractivity contribution < 1.29 is 14.3 Å². The largest absolute Gasteiger partial charge is 0.496 e. The molecule has 2 aromatic rings. The number of halogens is 1. The van der Waals surface area contributed by atoms with Crippen molar-refractivity contribution in [3.8, 4) is 5.75 Å². The molecule has 0 spiro atoms. The average molecular weight is 314 g/mol. The number of allylic oxidation sites excluding steroid dienone is 1. The normalized spacial score (nSPS) is 14.6. The van der Waals surface area contributed by atoms with Crippen LogP contribution in [0.3, 0.4) is 0 Å². The highest BCUT2D eigenvalue weighted by Gasteiger charge is 2.27. The molecule has 22 heavy (non-hydrogen) atoms. The van der Waals surface area contributed by atoms with Gasteiger partial charge in [0.25, 0.3) is 5.91 Å². The second-order valence-electron chi connectivity index (χ2n) is 4.74. The van der Waals surface area contributed by atoms with Crippen LogP contribution in [0.1, 0.15) is 15.9 Å². The number of ketones is 1. The fraction of sp³-hybridized carbons (Fsp3) is 0.0588. The summed E-state index contributed by atoms with van der Waals surface area (Å²) in [5, 5.41) is 3.12. The van der Waals surface area contributed by atoms with Gasteiger partial charge in [0.05, 0.1) is 29.0 Å². The number of para-hydroxylation sites is 2. The summed E-state index contributed by atoms with van der Waals surface area (Å²) in [6.45, 7) is 0. The van der Waals surface area contributed by atoms with Crippen molar-refractivity contribution in [2.24, 2.45) is 0 Å². The van der Waals surface area contributed by atoms with Crippen LogP contribution in [0.15, 0.2) is 48.5 Å². The lowest BCUT2D eigenvalue weighted by Gasteiger charge is -2.05. The van der Waals surface area contributed by atoms with Gasteiger partial charge in [-0.05, 0) is 24.3 Å². The van der Waals surface area contributed by atoms with E-state index in [2.05, 4.69) is 5.32 Å². The molecule has 5 heteroatoms. The van der Waals surface area contributed by atoms with Gasteiger partial charge in [0.1, 0.15) is 5.75 Å². The van der Waals surface area contributed by atoms with Crippen molar-refractivity contribution in [2.45, 2.75) is 0 Å². The number of anilines is 1. The second kappa shape index (κ2) is 5.66. The topological polar surface area (TPSA) is 55.4 Å². The standard InChI is InChI=1S/C17H12ClNO3/c1-22-15-8-3-2-5-11(15)14(20)9-12-10-6-4-7-13(18)16(10)19-17(12)21/h2-9H,1H3,(H,19,21)/b12-9-. The number of nitrogens with one attached hydrogen (secondary N) is 1. The molecule has 110 valence electrons. The Hall–Kier alpha value is -2.59. The Bertz CT molecular complexity index is 811. The Morgan fingerprint density at radius 1 is 1.18 bits per heavy atom. The first-order valence-electron chi connectivity index (χ1n) is 6.61. The molecule has 0 atom stereocenters. The summed E-state index contributed by atoms with van der Waals surface area (Å²) in [4.78, 5) is 24.5. The number of amides is 1. The fourth-order valence-corrected chi connectivity index (χ4v) is 2.60. The van der Waals surface area contributed by atoms with E-state index in [0.717, 1.165) is 0 Å². The predicted molar refractivity (Wildman–Crippen MR) is 85.4 cm³/mol. The quantitative estimate of drug-likeness (QED) is 0.696. The monoisotopic (exact) mass is 313 g/mol. The summed E-state index contributed by atoms with van der Waals surface area (Å²) in [5.74, 6) is -0.171. The van der Waals surface area contributed by atoms with E-state index in [1.54, 1.807) is 42.5 Å². The molecular weight excluding hydrogens is 302 g/mol. The van der Waals surface area contributed by atoms with Gasteiger partial charge in [0.15, 0.2) is 5.78 Å². The van der Waals surface area contributed by atoms with E-state index in [-0.39, 0.29) is 11.7 Å². The SMILES string of the molecule is COc1ccccc1C(=O)/C=C1\C(=O)Nc2c(Cl)cccc21. The zero-order valence-corrected chi connectivity index (χ0v) is 12.5. The maximum Gasteiger partial charge on any atom is 0.256 e. The number of hydrogen-bond acceptors (Lipinski definition) is 3. The number of carbonyl (C=O) groups is 2. The third-order valence-electron chi connectivity index (χ3n) is 3.43. The Morgan fingerprint density at radius 3 is 2.73 bits per heavy atom. The molecular formula is C17H12ClNO3. The molecule has 1 aliphatic heterocycles. The predicted octanol–water partition coefficient (Wildman–Crippen LogP) is 3.57. The van der Waals surface area contributed by atoms with Crippen LogP contribution >= 0.6 is 11.6 Å². The molecule has 0 fully saturated rings. The number of ether oxygens (including phenoxy) is 1. The van der Waals surface area contributed by atoms with E-state index in [9.17, 15) is 9.59 Å². The second-order valence-corrected chi connectivity index (χ2v) is 5.15. The van der Waals surface area contributed by atoms with Crippen LogP contribution in [-0.2, 0) is 4.79 Å². The molecule has 1 N–H and O–H groups in total. The van der Waals surface area contributed by atoms with Crippen LogP contribution in [0.4, 0.5) is 5.69 Å². The number of benzene rings is 2. The summed E-state index contributed by atoms with van der Waals surface area (Å²) >= 11 is 6.05.